The Morgan fingerprint density at radius 3 is 2.89 bits per heavy atom. The molecular weight excluding hydrogens is 239 g/mol. The van der Waals surface area contributed by atoms with E-state index in [4.69, 9.17) is 0 Å². The van der Waals surface area contributed by atoms with Gasteiger partial charge in [-0.15, -0.1) is 0 Å². The van der Waals surface area contributed by atoms with Crippen molar-refractivity contribution in [2.45, 2.75) is 38.8 Å². The van der Waals surface area contributed by atoms with Crippen LogP contribution in [0.3, 0.4) is 0 Å². The van der Waals surface area contributed by atoms with Crippen molar-refractivity contribution < 1.29 is 4.39 Å². The van der Waals surface area contributed by atoms with Crippen LogP contribution in [-0.4, -0.2) is 30.6 Å². The standard InChI is InChI=1S/C16H23FN2/c1-12-8-13(2-5-16(12)17)9-18-10-14-6-7-19(11-14)15-3-4-15/h2,5,8,14-15,18H,3-4,6-7,9-11H2,1H3. The third-order valence-electron chi connectivity index (χ3n) is 4.37. The maximum absolute atomic E-state index is 13.2. The van der Waals surface area contributed by atoms with Crippen molar-refractivity contribution in [3.63, 3.8) is 0 Å². The Morgan fingerprint density at radius 2 is 2.16 bits per heavy atom. The lowest BCUT2D eigenvalue weighted by Crippen LogP contribution is -2.27. The first-order valence-corrected chi connectivity index (χ1v) is 7.42. The molecule has 3 heteroatoms. The number of nitrogens with zero attached hydrogens (tertiary/aromatic N) is 1. The van der Waals surface area contributed by atoms with Gasteiger partial charge in [0.25, 0.3) is 0 Å². The number of nitrogens with one attached hydrogen (secondary N) is 1. The molecule has 1 N–H and O–H groups in total. The Kier molecular flexibility index (Phi) is 3.85. The highest BCUT2D eigenvalue weighted by atomic mass is 19.1. The smallest absolute Gasteiger partial charge is 0.126 e. The van der Waals surface area contributed by atoms with Crippen LogP contribution in [0.4, 0.5) is 4.39 Å². The molecule has 2 nitrogen and oxygen atoms in total. The van der Waals surface area contributed by atoms with Gasteiger partial charge >= 0.3 is 0 Å². The lowest BCUT2D eigenvalue weighted by atomic mass is 10.1. The zero-order valence-corrected chi connectivity index (χ0v) is 11.7. The van der Waals surface area contributed by atoms with Gasteiger partial charge in [-0.1, -0.05) is 12.1 Å². The molecule has 19 heavy (non-hydrogen) atoms. The normalized spacial score (nSPS) is 24.0. The summed E-state index contributed by atoms with van der Waals surface area (Å²) in [5.41, 5.74) is 1.91. The van der Waals surface area contributed by atoms with Crippen LogP contribution in [0.25, 0.3) is 0 Å². The molecule has 1 aromatic rings. The number of rotatable bonds is 5. The van der Waals surface area contributed by atoms with Crippen molar-refractivity contribution in [3.8, 4) is 0 Å². The first-order valence-electron chi connectivity index (χ1n) is 7.42. The fourth-order valence-electron chi connectivity index (χ4n) is 3.04. The molecule has 2 aliphatic rings. The van der Waals surface area contributed by atoms with E-state index in [-0.39, 0.29) is 5.82 Å². The number of aryl methyl sites for hydroxylation is 1. The van der Waals surface area contributed by atoms with Crippen LogP contribution in [0, 0.1) is 18.7 Å². The Balaban J connectivity index is 1.41. The monoisotopic (exact) mass is 262 g/mol. The van der Waals surface area contributed by atoms with Crippen LogP contribution in [0.2, 0.25) is 0 Å². The Bertz CT molecular complexity index is 442. The van der Waals surface area contributed by atoms with Crippen LogP contribution in [0.1, 0.15) is 30.4 Å². The van der Waals surface area contributed by atoms with Crippen LogP contribution in [-0.2, 0) is 6.54 Å². The van der Waals surface area contributed by atoms with E-state index in [1.54, 1.807) is 6.07 Å². The van der Waals surface area contributed by atoms with E-state index in [1.165, 1.54) is 37.9 Å². The number of halogens is 1. The molecule has 1 aliphatic carbocycles. The predicted molar refractivity (Wildman–Crippen MR) is 75.5 cm³/mol. The molecule has 0 aromatic heterocycles. The zero-order valence-electron chi connectivity index (χ0n) is 11.7. The minimum absolute atomic E-state index is 0.111. The highest BCUT2D eigenvalue weighted by molar-refractivity contribution is 5.23. The van der Waals surface area contributed by atoms with Crippen LogP contribution >= 0.6 is 0 Å². The van der Waals surface area contributed by atoms with Gasteiger partial charge in [-0.3, -0.25) is 0 Å². The summed E-state index contributed by atoms with van der Waals surface area (Å²) >= 11 is 0. The van der Waals surface area contributed by atoms with Crippen molar-refractivity contribution >= 4 is 0 Å². The van der Waals surface area contributed by atoms with Crippen molar-refractivity contribution in [1.82, 2.24) is 10.2 Å². The summed E-state index contributed by atoms with van der Waals surface area (Å²) < 4.78 is 13.2. The quantitative estimate of drug-likeness (QED) is 0.877. The minimum Gasteiger partial charge on any atom is -0.312 e. The summed E-state index contributed by atoms with van der Waals surface area (Å²) in [7, 11) is 0. The van der Waals surface area contributed by atoms with E-state index in [0.717, 1.165) is 30.6 Å². The number of hydrogen-bond donors (Lipinski definition) is 1. The Hall–Kier alpha value is -0.930. The summed E-state index contributed by atoms with van der Waals surface area (Å²) in [5.74, 6) is 0.682. The molecule has 1 aromatic carbocycles. The molecule has 1 heterocycles. The maximum atomic E-state index is 13.2. The van der Waals surface area contributed by atoms with Crippen molar-refractivity contribution in [2.75, 3.05) is 19.6 Å². The lowest BCUT2D eigenvalue weighted by Gasteiger charge is -2.15. The molecule has 2 fully saturated rings. The third-order valence-corrected chi connectivity index (χ3v) is 4.37. The molecule has 1 saturated carbocycles. The summed E-state index contributed by atoms with van der Waals surface area (Å²) in [4.78, 5) is 2.65. The van der Waals surface area contributed by atoms with Crippen molar-refractivity contribution in [3.05, 3.63) is 35.1 Å². The number of benzene rings is 1. The summed E-state index contributed by atoms with van der Waals surface area (Å²) in [6.45, 7) is 6.30. The van der Waals surface area contributed by atoms with E-state index in [1.807, 2.05) is 19.1 Å². The second-order valence-corrected chi connectivity index (χ2v) is 6.10. The van der Waals surface area contributed by atoms with Crippen LogP contribution in [0.5, 0.6) is 0 Å². The van der Waals surface area contributed by atoms with E-state index in [9.17, 15) is 4.39 Å². The molecule has 0 amide bonds. The molecule has 0 spiro atoms. The molecule has 1 atom stereocenters. The average Bonchev–Trinajstić information content (AvgIpc) is 3.14. The predicted octanol–water partition coefficient (Wildman–Crippen LogP) is 2.71. The summed E-state index contributed by atoms with van der Waals surface area (Å²) in [6, 6.07) is 6.29. The van der Waals surface area contributed by atoms with E-state index in [0.29, 0.717) is 0 Å². The molecular formula is C16H23FN2. The first-order chi connectivity index (χ1) is 9.22. The van der Waals surface area contributed by atoms with E-state index in [2.05, 4.69) is 10.2 Å². The van der Waals surface area contributed by atoms with Crippen molar-refractivity contribution in [1.29, 1.82) is 0 Å². The Labute approximate surface area is 115 Å². The molecule has 104 valence electrons. The van der Waals surface area contributed by atoms with Crippen LogP contribution < -0.4 is 5.32 Å². The number of hydrogen-bond acceptors (Lipinski definition) is 2. The largest absolute Gasteiger partial charge is 0.312 e. The minimum atomic E-state index is -0.111. The lowest BCUT2D eigenvalue weighted by molar-refractivity contribution is 0.312. The summed E-state index contributed by atoms with van der Waals surface area (Å²) in [6.07, 6.45) is 4.15. The maximum Gasteiger partial charge on any atom is 0.126 e. The zero-order chi connectivity index (χ0) is 13.2. The van der Waals surface area contributed by atoms with Gasteiger partial charge in [-0.05, 0) is 62.4 Å². The second kappa shape index (κ2) is 5.59. The van der Waals surface area contributed by atoms with Gasteiger partial charge in [0.05, 0.1) is 0 Å². The molecule has 3 rings (SSSR count). The van der Waals surface area contributed by atoms with Gasteiger partial charge in [0, 0.05) is 19.1 Å². The van der Waals surface area contributed by atoms with Gasteiger partial charge in [-0.25, -0.2) is 4.39 Å². The highest BCUT2D eigenvalue weighted by Crippen LogP contribution is 2.31. The van der Waals surface area contributed by atoms with E-state index >= 15 is 0 Å². The summed E-state index contributed by atoms with van der Waals surface area (Å²) in [5, 5.41) is 3.52. The second-order valence-electron chi connectivity index (χ2n) is 6.10. The van der Waals surface area contributed by atoms with Crippen LogP contribution in [0.15, 0.2) is 18.2 Å². The molecule has 0 radical (unpaired) electrons. The van der Waals surface area contributed by atoms with Gasteiger partial charge in [0.15, 0.2) is 0 Å². The van der Waals surface area contributed by atoms with Gasteiger partial charge in [-0.2, -0.15) is 0 Å². The fourth-order valence-corrected chi connectivity index (χ4v) is 3.04. The molecule has 1 unspecified atom stereocenters. The topological polar surface area (TPSA) is 15.3 Å². The molecule has 1 aliphatic heterocycles. The van der Waals surface area contributed by atoms with Gasteiger partial charge < -0.3 is 10.2 Å². The van der Waals surface area contributed by atoms with Gasteiger partial charge in [0.1, 0.15) is 5.82 Å². The van der Waals surface area contributed by atoms with Crippen molar-refractivity contribution in [2.24, 2.45) is 5.92 Å². The highest BCUT2D eigenvalue weighted by Gasteiger charge is 2.33. The fraction of sp³-hybridized carbons (Fsp3) is 0.625. The average molecular weight is 262 g/mol. The Morgan fingerprint density at radius 1 is 1.32 bits per heavy atom. The van der Waals surface area contributed by atoms with Gasteiger partial charge in [0.2, 0.25) is 0 Å². The van der Waals surface area contributed by atoms with E-state index < -0.39 is 0 Å². The third kappa shape index (κ3) is 3.34. The molecule has 1 saturated heterocycles. The first kappa shape index (κ1) is 13.1. The number of likely N-dealkylation sites (tertiary alicyclic amines) is 1. The SMILES string of the molecule is Cc1cc(CNCC2CCN(C3CC3)C2)ccc1F. The molecule has 0 bridgehead atoms.